The molecule has 0 saturated heterocycles. The molecule has 6 heteroatoms. The lowest BCUT2D eigenvalue weighted by Gasteiger charge is -2.15. The fourth-order valence-electron chi connectivity index (χ4n) is 1.90. The second-order valence-electron chi connectivity index (χ2n) is 4.32. The van der Waals surface area contributed by atoms with Crippen molar-refractivity contribution >= 4 is 5.69 Å². The number of anilines is 1. The van der Waals surface area contributed by atoms with Crippen LogP contribution in [0.4, 0.5) is 18.9 Å². The number of para-hydroxylation sites is 2. The van der Waals surface area contributed by atoms with Gasteiger partial charge in [-0.2, -0.15) is 0 Å². The first-order chi connectivity index (χ1) is 9.99. The van der Waals surface area contributed by atoms with Gasteiger partial charge in [-0.15, -0.1) is 13.2 Å². The average Bonchev–Trinajstić information content (AvgIpc) is 2.45. The first kappa shape index (κ1) is 15.2. The average molecular weight is 297 g/mol. The molecule has 0 fully saturated rings. The maximum absolute atomic E-state index is 12.3. The van der Waals surface area contributed by atoms with Gasteiger partial charge in [0.25, 0.3) is 0 Å². The minimum Gasteiger partial charge on any atom is -0.405 e. The van der Waals surface area contributed by atoms with Crippen LogP contribution >= 0.6 is 0 Å². The lowest BCUT2D eigenvalue weighted by Crippen LogP contribution is -2.18. The van der Waals surface area contributed by atoms with Gasteiger partial charge in [0.1, 0.15) is 5.75 Å². The molecule has 0 aliphatic carbocycles. The number of halogens is 3. The molecule has 0 atom stereocenters. The molecule has 0 aliphatic heterocycles. The van der Waals surface area contributed by atoms with Crippen molar-refractivity contribution in [1.82, 2.24) is 0 Å². The lowest BCUT2D eigenvalue weighted by molar-refractivity contribution is -0.274. The van der Waals surface area contributed by atoms with Gasteiger partial charge in [-0.3, -0.25) is 0 Å². The lowest BCUT2D eigenvalue weighted by atomic mass is 10.1. The van der Waals surface area contributed by atoms with Crippen LogP contribution in [0, 0.1) is 0 Å². The first-order valence-electron chi connectivity index (χ1n) is 6.26. The summed E-state index contributed by atoms with van der Waals surface area (Å²) in [5, 5.41) is 12.2. The van der Waals surface area contributed by atoms with Crippen LogP contribution in [0.2, 0.25) is 0 Å². The topological polar surface area (TPSA) is 41.5 Å². The summed E-state index contributed by atoms with van der Waals surface area (Å²) in [6, 6.07) is 13.0. The number of benzene rings is 2. The predicted molar refractivity (Wildman–Crippen MR) is 72.8 cm³/mol. The summed E-state index contributed by atoms with van der Waals surface area (Å²) in [6.07, 6.45) is -4.72. The molecular formula is C15H14F3NO2. The molecule has 0 aromatic heterocycles. The fourth-order valence-corrected chi connectivity index (χ4v) is 1.90. The molecule has 0 unspecified atom stereocenters. The van der Waals surface area contributed by atoms with Gasteiger partial charge in [-0.25, -0.2) is 0 Å². The number of ether oxygens (including phenoxy) is 1. The van der Waals surface area contributed by atoms with Gasteiger partial charge in [0.15, 0.2) is 0 Å². The van der Waals surface area contributed by atoms with E-state index in [0.29, 0.717) is 16.8 Å². The van der Waals surface area contributed by atoms with Crippen LogP contribution in [-0.2, 0) is 13.2 Å². The van der Waals surface area contributed by atoms with E-state index in [1.54, 1.807) is 36.4 Å². The van der Waals surface area contributed by atoms with Crippen LogP contribution in [-0.4, -0.2) is 11.5 Å². The van der Waals surface area contributed by atoms with Gasteiger partial charge in [-0.1, -0.05) is 36.4 Å². The highest BCUT2D eigenvalue weighted by Crippen LogP contribution is 2.27. The third-order valence-electron chi connectivity index (χ3n) is 2.86. The summed E-state index contributed by atoms with van der Waals surface area (Å²) >= 11 is 0. The smallest absolute Gasteiger partial charge is 0.405 e. The number of aliphatic hydroxyl groups excluding tert-OH is 1. The quantitative estimate of drug-likeness (QED) is 0.884. The summed E-state index contributed by atoms with van der Waals surface area (Å²) in [5.74, 6) is -0.237. The zero-order valence-corrected chi connectivity index (χ0v) is 11.0. The molecule has 0 heterocycles. The standard InChI is InChI=1S/C15H14F3NO2/c16-15(17,18)21-14-8-4-2-5-11(14)9-19-13-7-3-1-6-12(13)10-20/h1-8,19-20H,9-10H2. The fraction of sp³-hybridized carbons (Fsp3) is 0.200. The van der Waals surface area contributed by atoms with Crippen molar-refractivity contribution in [3.63, 3.8) is 0 Å². The van der Waals surface area contributed by atoms with E-state index in [1.165, 1.54) is 12.1 Å². The molecular weight excluding hydrogens is 283 g/mol. The molecule has 0 radical (unpaired) electrons. The Balaban J connectivity index is 2.13. The van der Waals surface area contributed by atoms with Crippen molar-refractivity contribution in [2.45, 2.75) is 19.5 Å². The van der Waals surface area contributed by atoms with Crippen LogP contribution in [0.1, 0.15) is 11.1 Å². The molecule has 21 heavy (non-hydrogen) atoms. The minimum atomic E-state index is -4.72. The van der Waals surface area contributed by atoms with Gasteiger partial charge in [-0.05, 0) is 12.1 Å². The summed E-state index contributed by atoms with van der Waals surface area (Å²) in [4.78, 5) is 0. The van der Waals surface area contributed by atoms with E-state index in [0.717, 1.165) is 0 Å². The molecule has 0 saturated carbocycles. The van der Waals surface area contributed by atoms with Crippen molar-refractivity contribution < 1.29 is 23.0 Å². The molecule has 2 aromatic rings. The van der Waals surface area contributed by atoms with E-state index in [4.69, 9.17) is 0 Å². The number of rotatable bonds is 5. The maximum Gasteiger partial charge on any atom is 0.573 e. The Bertz CT molecular complexity index is 599. The number of alkyl halides is 3. The highest BCUT2D eigenvalue weighted by atomic mass is 19.4. The Morgan fingerprint density at radius 3 is 2.24 bits per heavy atom. The molecule has 2 N–H and O–H groups in total. The second kappa shape index (κ2) is 6.49. The van der Waals surface area contributed by atoms with Gasteiger partial charge in [0.05, 0.1) is 6.61 Å². The Kier molecular flexibility index (Phi) is 4.70. The van der Waals surface area contributed by atoms with Crippen LogP contribution < -0.4 is 10.1 Å². The normalized spacial score (nSPS) is 11.2. The molecule has 112 valence electrons. The monoisotopic (exact) mass is 297 g/mol. The Labute approximate surface area is 120 Å². The molecule has 0 spiro atoms. The van der Waals surface area contributed by atoms with Crippen molar-refractivity contribution in [3.8, 4) is 5.75 Å². The number of nitrogens with one attached hydrogen (secondary N) is 1. The Hall–Kier alpha value is -2.21. The van der Waals surface area contributed by atoms with E-state index in [9.17, 15) is 18.3 Å². The van der Waals surface area contributed by atoms with Crippen molar-refractivity contribution in [3.05, 3.63) is 59.7 Å². The molecule has 3 nitrogen and oxygen atoms in total. The van der Waals surface area contributed by atoms with E-state index in [-0.39, 0.29) is 18.9 Å². The van der Waals surface area contributed by atoms with E-state index in [2.05, 4.69) is 10.1 Å². The predicted octanol–water partition coefficient (Wildman–Crippen LogP) is 3.69. The largest absolute Gasteiger partial charge is 0.573 e. The summed E-state index contributed by atoms with van der Waals surface area (Å²) < 4.78 is 41.0. The van der Waals surface area contributed by atoms with Crippen LogP contribution in [0.3, 0.4) is 0 Å². The second-order valence-corrected chi connectivity index (χ2v) is 4.32. The van der Waals surface area contributed by atoms with Crippen molar-refractivity contribution in [2.75, 3.05) is 5.32 Å². The van der Waals surface area contributed by atoms with Gasteiger partial charge in [0, 0.05) is 23.4 Å². The summed E-state index contributed by atoms with van der Waals surface area (Å²) in [6.45, 7) is 0.00708. The molecule has 0 aliphatic rings. The van der Waals surface area contributed by atoms with Crippen molar-refractivity contribution in [1.29, 1.82) is 0 Å². The Morgan fingerprint density at radius 1 is 0.952 bits per heavy atom. The summed E-state index contributed by atoms with van der Waals surface area (Å²) in [7, 11) is 0. The van der Waals surface area contributed by atoms with Crippen LogP contribution in [0.25, 0.3) is 0 Å². The van der Waals surface area contributed by atoms with E-state index in [1.807, 2.05) is 0 Å². The first-order valence-corrected chi connectivity index (χ1v) is 6.26. The SMILES string of the molecule is OCc1ccccc1NCc1ccccc1OC(F)(F)F. The number of hydrogen-bond acceptors (Lipinski definition) is 3. The highest BCUT2D eigenvalue weighted by Gasteiger charge is 2.31. The molecule has 2 rings (SSSR count). The summed E-state index contributed by atoms with van der Waals surface area (Å²) in [5.41, 5.74) is 1.72. The van der Waals surface area contributed by atoms with Crippen LogP contribution in [0.5, 0.6) is 5.75 Å². The third kappa shape index (κ3) is 4.39. The highest BCUT2D eigenvalue weighted by molar-refractivity contribution is 5.51. The van der Waals surface area contributed by atoms with Gasteiger partial charge >= 0.3 is 6.36 Å². The van der Waals surface area contributed by atoms with Crippen LogP contribution in [0.15, 0.2) is 48.5 Å². The van der Waals surface area contributed by atoms with Gasteiger partial charge in [0.2, 0.25) is 0 Å². The third-order valence-corrected chi connectivity index (χ3v) is 2.86. The molecule has 0 bridgehead atoms. The van der Waals surface area contributed by atoms with Crippen molar-refractivity contribution in [2.24, 2.45) is 0 Å². The number of aliphatic hydroxyl groups is 1. The minimum absolute atomic E-state index is 0.149. The molecule has 0 amide bonds. The zero-order chi connectivity index (χ0) is 15.3. The van der Waals surface area contributed by atoms with Gasteiger partial charge < -0.3 is 15.2 Å². The maximum atomic E-state index is 12.3. The zero-order valence-electron chi connectivity index (χ0n) is 11.0. The number of hydrogen-bond donors (Lipinski definition) is 2. The van der Waals surface area contributed by atoms with E-state index < -0.39 is 6.36 Å². The van der Waals surface area contributed by atoms with E-state index >= 15 is 0 Å². The Morgan fingerprint density at radius 2 is 1.57 bits per heavy atom. The molecule has 2 aromatic carbocycles.